The monoisotopic (exact) mass is 170 g/mol. The first-order valence-corrected chi connectivity index (χ1v) is 3.14. The molecule has 0 aromatic heterocycles. The fraction of sp³-hybridized carbons (Fsp3) is 0.143. The number of aliphatic hydroxyl groups is 1. The van der Waals surface area contributed by atoms with Crippen LogP contribution in [0, 0.1) is 0 Å². The minimum atomic E-state index is -1.25. The number of hydrazine groups is 1. The van der Waals surface area contributed by atoms with Gasteiger partial charge in [0.25, 0.3) is 0 Å². The fourth-order valence-corrected chi connectivity index (χ4v) is 0.704. The molecule has 0 saturated carbocycles. The zero-order valence-corrected chi connectivity index (χ0v) is 6.31. The van der Waals surface area contributed by atoms with Gasteiger partial charge in [0.1, 0.15) is 12.4 Å². The van der Waals surface area contributed by atoms with E-state index in [4.69, 9.17) is 5.11 Å². The Morgan fingerprint density at radius 3 is 2.50 bits per heavy atom. The molecule has 5 heteroatoms. The summed E-state index contributed by atoms with van der Waals surface area (Å²) in [6.07, 6.45) is 3.32. The van der Waals surface area contributed by atoms with Crippen LogP contribution in [0.4, 0.5) is 0 Å². The predicted molar refractivity (Wildman–Crippen MR) is 42.7 cm³/mol. The summed E-state index contributed by atoms with van der Waals surface area (Å²) < 4.78 is 0. The van der Waals surface area contributed by atoms with Crippen molar-refractivity contribution in [1.82, 2.24) is 0 Å². The van der Waals surface area contributed by atoms with Crippen molar-refractivity contribution < 1.29 is 14.7 Å². The van der Waals surface area contributed by atoms with Crippen LogP contribution in [-0.2, 0) is 9.59 Å². The van der Waals surface area contributed by atoms with Crippen molar-refractivity contribution in [1.29, 1.82) is 0 Å². The molecule has 0 spiro atoms. The van der Waals surface area contributed by atoms with Gasteiger partial charge < -0.3 is 5.11 Å². The fourth-order valence-electron chi connectivity index (χ4n) is 0.704. The summed E-state index contributed by atoms with van der Waals surface area (Å²) in [6, 6.07) is 0. The van der Waals surface area contributed by atoms with E-state index < -0.39 is 11.9 Å². The molecule has 1 aliphatic rings. The number of allylic oxidation sites excluding steroid dienone is 2. The third-order valence-electron chi connectivity index (χ3n) is 1.27. The van der Waals surface area contributed by atoms with Gasteiger partial charge >= 0.3 is 0 Å². The number of carbonyl (C=O) groups excluding carboxylic acids is 2. The van der Waals surface area contributed by atoms with Crippen LogP contribution in [0.5, 0.6) is 0 Å². The van der Waals surface area contributed by atoms with Gasteiger partial charge in [-0.25, -0.2) is 0 Å². The van der Waals surface area contributed by atoms with Crippen molar-refractivity contribution in [3.8, 4) is 0 Å². The largest absolute Gasteiger partial charge is 0.380 e. The molecule has 1 unspecified atom stereocenters. The summed E-state index contributed by atoms with van der Waals surface area (Å²) in [6.45, 7) is 0. The second-order valence-corrected chi connectivity index (χ2v) is 1.95. The first kappa shape index (κ1) is 10.7. The lowest BCUT2D eigenvalue weighted by molar-refractivity contribution is -0.122. The van der Waals surface area contributed by atoms with Gasteiger partial charge in [-0.15, -0.1) is 0 Å². The summed E-state index contributed by atoms with van der Waals surface area (Å²) in [5.41, 5.74) is 0.118. The molecule has 1 aliphatic carbocycles. The average Bonchev–Trinajstić information content (AvgIpc) is 2.13. The number of nitrogens with two attached hydrogens (primary N) is 2. The van der Waals surface area contributed by atoms with Crippen LogP contribution in [0.25, 0.3) is 0 Å². The van der Waals surface area contributed by atoms with Crippen LogP contribution in [0.3, 0.4) is 0 Å². The number of hydrogen-bond donors (Lipinski definition) is 3. The number of carbonyl (C=O) groups is 2. The molecule has 0 amide bonds. The second kappa shape index (κ2) is 5.36. The molecule has 1 atom stereocenters. The first-order chi connectivity index (χ1) is 5.75. The van der Waals surface area contributed by atoms with Crippen LogP contribution in [0.15, 0.2) is 23.8 Å². The van der Waals surface area contributed by atoms with E-state index in [1.165, 1.54) is 18.2 Å². The standard InChI is InChI=1S/C7H6O3.H4N2/c8-4-5-2-1-3-6(9)7(5)10;1-2/h1-4,7,10H;1-2H2. The Balaban J connectivity index is 0.000000561. The highest BCUT2D eigenvalue weighted by atomic mass is 16.3. The Morgan fingerprint density at radius 1 is 1.50 bits per heavy atom. The lowest BCUT2D eigenvalue weighted by Crippen LogP contribution is -2.23. The maximum Gasteiger partial charge on any atom is 0.188 e. The molecule has 0 heterocycles. The summed E-state index contributed by atoms with van der Waals surface area (Å²) in [5, 5.41) is 8.94. The Labute approximate surface area is 69.3 Å². The van der Waals surface area contributed by atoms with E-state index in [9.17, 15) is 9.59 Å². The molecule has 5 nitrogen and oxygen atoms in total. The number of ketones is 1. The highest BCUT2D eigenvalue weighted by molar-refractivity contribution is 6.02. The maximum absolute atomic E-state index is 10.6. The Bertz CT molecular complexity index is 233. The predicted octanol–water partition coefficient (Wildman–Crippen LogP) is -1.57. The van der Waals surface area contributed by atoms with Crippen LogP contribution >= 0.6 is 0 Å². The average molecular weight is 170 g/mol. The maximum atomic E-state index is 10.6. The van der Waals surface area contributed by atoms with Crippen LogP contribution < -0.4 is 11.7 Å². The van der Waals surface area contributed by atoms with E-state index in [-0.39, 0.29) is 5.57 Å². The van der Waals surface area contributed by atoms with Crippen LogP contribution in [0.2, 0.25) is 0 Å². The highest BCUT2D eigenvalue weighted by Gasteiger charge is 2.18. The molecule has 0 aromatic rings. The van der Waals surface area contributed by atoms with E-state index in [2.05, 4.69) is 11.7 Å². The number of aldehydes is 1. The molecule has 0 aliphatic heterocycles. The van der Waals surface area contributed by atoms with Gasteiger partial charge in [0.15, 0.2) is 5.78 Å². The summed E-state index contributed by atoms with van der Waals surface area (Å²) in [4.78, 5) is 20.7. The third-order valence-corrected chi connectivity index (χ3v) is 1.27. The van der Waals surface area contributed by atoms with Gasteiger partial charge in [0, 0.05) is 5.57 Å². The van der Waals surface area contributed by atoms with Gasteiger partial charge in [0.05, 0.1) is 0 Å². The second-order valence-electron chi connectivity index (χ2n) is 1.95. The van der Waals surface area contributed by atoms with Crippen LogP contribution in [0.1, 0.15) is 0 Å². The van der Waals surface area contributed by atoms with Crippen molar-refractivity contribution in [2.75, 3.05) is 0 Å². The van der Waals surface area contributed by atoms with Gasteiger partial charge in [-0.3, -0.25) is 21.3 Å². The normalized spacial score (nSPS) is 20.8. The molecule has 0 fully saturated rings. The smallest absolute Gasteiger partial charge is 0.188 e. The van der Waals surface area contributed by atoms with Crippen LogP contribution in [-0.4, -0.2) is 23.3 Å². The summed E-state index contributed by atoms with van der Waals surface area (Å²) in [5.74, 6) is 7.56. The van der Waals surface area contributed by atoms with Crippen molar-refractivity contribution in [3.63, 3.8) is 0 Å². The zero-order chi connectivity index (χ0) is 9.56. The molecule has 0 aromatic carbocycles. The van der Waals surface area contributed by atoms with Crippen molar-refractivity contribution in [2.24, 2.45) is 11.7 Å². The van der Waals surface area contributed by atoms with E-state index in [1.54, 1.807) is 0 Å². The Hall–Kier alpha value is -1.30. The van der Waals surface area contributed by atoms with Gasteiger partial charge in [-0.05, 0) is 6.08 Å². The topological polar surface area (TPSA) is 106 Å². The van der Waals surface area contributed by atoms with E-state index in [1.807, 2.05) is 0 Å². The third kappa shape index (κ3) is 2.39. The molecule has 0 bridgehead atoms. The van der Waals surface area contributed by atoms with Gasteiger partial charge in [0.2, 0.25) is 0 Å². The Kier molecular flexibility index (Phi) is 4.78. The number of rotatable bonds is 1. The van der Waals surface area contributed by atoms with E-state index >= 15 is 0 Å². The lowest BCUT2D eigenvalue weighted by Gasteiger charge is -2.07. The van der Waals surface area contributed by atoms with Gasteiger partial charge in [-0.2, -0.15) is 0 Å². The van der Waals surface area contributed by atoms with Gasteiger partial charge in [-0.1, -0.05) is 12.2 Å². The summed E-state index contributed by atoms with van der Waals surface area (Å²) in [7, 11) is 0. The minimum Gasteiger partial charge on any atom is -0.380 e. The number of hydrogen-bond acceptors (Lipinski definition) is 5. The molecule has 0 radical (unpaired) electrons. The highest BCUT2D eigenvalue weighted by Crippen LogP contribution is 2.06. The first-order valence-electron chi connectivity index (χ1n) is 3.14. The Morgan fingerprint density at radius 2 is 2.08 bits per heavy atom. The van der Waals surface area contributed by atoms with E-state index in [0.29, 0.717) is 6.29 Å². The zero-order valence-electron chi connectivity index (χ0n) is 6.31. The van der Waals surface area contributed by atoms with Crippen molar-refractivity contribution in [2.45, 2.75) is 6.10 Å². The molecule has 1 rings (SSSR count). The molecular formula is C7H10N2O3. The van der Waals surface area contributed by atoms with E-state index in [0.717, 1.165) is 0 Å². The molecule has 5 N–H and O–H groups in total. The summed E-state index contributed by atoms with van der Waals surface area (Å²) >= 11 is 0. The van der Waals surface area contributed by atoms with Crippen molar-refractivity contribution in [3.05, 3.63) is 23.8 Å². The SMILES string of the molecule is NN.O=CC1=CC=CC(=O)C1O. The molecule has 66 valence electrons. The molecular weight excluding hydrogens is 160 g/mol. The van der Waals surface area contributed by atoms with Crippen molar-refractivity contribution >= 4 is 12.1 Å². The minimum absolute atomic E-state index is 0.118. The number of aliphatic hydroxyl groups excluding tert-OH is 1. The quantitative estimate of drug-likeness (QED) is 0.250. The molecule has 0 saturated heterocycles. The lowest BCUT2D eigenvalue weighted by atomic mass is 10.0. The molecule has 12 heavy (non-hydrogen) atoms.